The summed E-state index contributed by atoms with van der Waals surface area (Å²) in [7, 11) is -3.19. The Bertz CT molecular complexity index is 509. The number of sulfonamides is 1. The van der Waals surface area contributed by atoms with Gasteiger partial charge in [-0.1, -0.05) is 13.3 Å². The molecule has 1 amide bonds. The second kappa shape index (κ2) is 9.15. The molecule has 140 valence electrons. The first-order valence-corrected chi connectivity index (χ1v) is 11.2. The number of piperidine rings is 2. The minimum Gasteiger partial charge on any atom is -0.356 e. The molecule has 2 aliphatic rings. The van der Waals surface area contributed by atoms with Crippen molar-refractivity contribution in [3.8, 4) is 0 Å². The van der Waals surface area contributed by atoms with E-state index in [9.17, 15) is 13.2 Å². The third-order valence-electron chi connectivity index (χ3n) is 5.37. The first-order chi connectivity index (χ1) is 11.4. The molecule has 0 saturated carbocycles. The van der Waals surface area contributed by atoms with Crippen LogP contribution in [0.25, 0.3) is 0 Å². The zero-order valence-electron chi connectivity index (χ0n) is 15.2. The van der Waals surface area contributed by atoms with Gasteiger partial charge in [-0.25, -0.2) is 12.7 Å². The summed E-state index contributed by atoms with van der Waals surface area (Å²) in [6.07, 6.45) is 8.85. The summed E-state index contributed by atoms with van der Waals surface area (Å²) < 4.78 is 24.7. The van der Waals surface area contributed by atoms with Crippen LogP contribution in [-0.4, -0.2) is 68.6 Å². The molecule has 0 unspecified atom stereocenters. The molecule has 2 aliphatic heterocycles. The van der Waals surface area contributed by atoms with Crippen molar-refractivity contribution in [1.82, 2.24) is 14.5 Å². The van der Waals surface area contributed by atoms with Crippen molar-refractivity contribution in [3.05, 3.63) is 0 Å². The Kier molecular flexibility index (Phi) is 7.50. The van der Waals surface area contributed by atoms with Gasteiger partial charge in [-0.2, -0.15) is 0 Å². The van der Waals surface area contributed by atoms with E-state index in [0.29, 0.717) is 25.7 Å². The van der Waals surface area contributed by atoms with Crippen LogP contribution in [0.3, 0.4) is 0 Å². The fourth-order valence-corrected chi connectivity index (χ4v) is 4.82. The van der Waals surface area contributed by atoms with Gasteiger partial charge in [0.1, 0.15) is 0 Å². The van der Waals surface area contributed by atoms with Crippen LogP contribution in [0.5, 0.6) is 0 Å². The molecule has 2 atom stereocenters. The van der Waals surface area contributed by atoms with Crippen molar-refractivity contribution < 1.29 is 13.2 Å². The van der Waals surface area contributed by atoms with E-state index in [2.05, 4.69) is 17.1 Å². The standard InChI is InChI=1S/C17H33N3O3S/c1-3-16-9-4-5-11-19(16)12-7-10-18-17(21)15-8-6-13-20(14-15)24(2,22)23/h15-16H,3-14H2,1-2H3,(H,18,21)/t15-,16+/m1/s1. The second-order valence-electron chi connectivity index (χ2n) is 7.20. The number of hydrogen-bond donors (Lipinski definition) is 1. The molecule has 2 fully saturated rings. The largest absolute Gasteiger partial charge is 0.356 e. The summed E-state index contributed by atoms with van der Waals surface area (Å²) in [6, 6.07) is 0.705. The van der Waals surface area contributed by atoms with Crippen molar-refractivity contribution in [2.75, 3.05) is 39.0 Å². The molecule has 6 nitrogen and oxygen atoms in total. The Hall–Kier alpha value is -0.660. The van der Waals surface area contributed by atoms with Gasteiger partial charge in [0.25, 0.3) is 0 Å². The number of amides is 1. The molecule has 7 heteroatoms. The van der Waals surface area contributed by atoms with Crippen molar-refractivity contribution in [3.63, 3.8) is 0 Å². The van der Waals surface area contributed by atoms with Gasteiger partial charge in [-0.3, -0.25) is 4.79 Å². The summed E-state index contributed by atoms with van der Waals surface area (Å²) in [5.41, 5.74) is 0. The minimum atomic E-state index is -3.19. The normalized spacial score (nSPS) is 27.1. The number of hydrogen-bond acceptors (Lipinski definition) is 4. The second-order valence-corrected chi connectivity index (χ2v) is 9.18. The highest BCUT2D eigenvalue weighted by molar-refractivity contribution is 7.88. The van der Waals surface area contributed by atoms with Gasteiger partial charge >= 0.3 is 0 Å². The maximum Gasteiger partial charge on any atom is 0.224 e. The molecule has 2 saturated heterocycles. The lowest BCUT2D eigenvalue weighted by atomic mass is 9.98. The molecule has 24 heavy (non-hydrogen) atoms. The van der Waals surface area contributed by atoms with Crippen LogP contribution in [0, 0.1) is 5.92 Å². The highest BCUT2D eigenvalue weighted by Crippen LogP contribution is 2.20. The maximum absolute atomic E-state index is 12.3. The fraction of sp³-hybridized carbons (Fsp3) is 0.941. The van der Waals surface area contributed by atoms with Gasteiger partial charge in [-0.05, 0) is 45.1 Å². The van der Waals surface area contributed by atoms with Gasteiger partial charge < -0.3 is 10.2 Å². The highest BCUT2D eigenvalue weighted by Gasteiger charge is 2.30. The third kappa shape index (κ3) is 5.70. The molecule has 0 spiro atoms. The molecule has 0 aromatic heterocycles. The smallest absolute Gasteiger partial charge is 0.224 e. The number of rotatable bonds is 7. The van der Waals surface area contributed by atoms with E-state index >= 15 is 0 Å². The van der Waals surface area contributed by atoms with Gasteiger partial charge in [0.15, 0.2) is 0 Å². The average Bonchev–Trinajstić information content (AvgIpc) is 2.58. The summed E-state index contributed by atoms with van der Waals surface area (Å²) in [4.78, 5) is 14.9. The molecule has 0 aromatic carbocycles. The zero-order valence-corrected chi connectivity index (χ0v) is 16.0. The van der Waals surface area contributed by atoms with E-state index in [-0.39, 0.29) is 11.8 Å². The van der Waals surface area contributed by atoms with Gasteiger partial charge in [0, 0.05) is 32.2 Å². The van der Waals surface area contributed by atoms with E-state index in [4.69, 9.17) is 0 Å². The van der Waals surface area contributed by atoms with E-state index in [1.807, 2.05) is 0 Å². The lowest BCUT2D eigenvalue weighted by Gasteiger charge is -2.35. The topological polar surface area (TPSA) is 69.7 Å². The van der Waals surface area contributed by atoms with Crippen molar-refractivity contribution in [2.45, 2.75) is 57.9 Å². The van der Waals surface area contributed by atoms with E-state index in [0.717, 1.165) is 25.8 Å². The highest BCUT2D eigenvalue weighted by atomic mass is 32.2. The third-order valence-corrected chi connectivity index (χ3v) is 6.64. The molecule has 2 heterocycles. The lowest BCUT2D eigenvalue weighted by molar-refractivity contribution is -0.126. The molecule has 1 N–H and O–H groups in total. The van der Waals surface area contributed by atoms with Gasteiger partial charge in [0.2, 0.25) is 15.9 Å². The Balaban J connectivity index is 1.69. The SMILES string of the molecule is CC[C@H]1CCCCN1CCCNC(=O)[C@@H]1CCCN(S(C)(=O)=O)C1. The molecular weight excluding hydrogens is 326 g/mol. The number of nitrogens with one attached hydrogen (secondary N) is 1. The molecular formula is C17H33N3O3S. The van der Waals surface area contributed by atoms with Crippen LogP contribution in [0.4, 0.5) is 0 Å². The zero-order chi connectivity index (χ0) is 17.6. The number of nitrogens with zero attached hydrogens (tertiary/aromatic N) is 2. The van der Waals surface area contributed by atoms with Crippen LogP contribution >= 0.6 is 0 Å². The molecule has 0 radical (unpaired) electrons. The van der Waals surface area contributed by atoms with Crippen molar-refractivity contribution in [1.29, 1.82) is 0 Å². The van der Waals surface area contributed by atoms with Crippen LogP contribution in [0.1, 0.15) is 51.9 Å². The van der Waals surface area contributed by atoms with E-state index < -0.39 is 10.0 Å². The maximum atomic E-state index is 12.3. The Labute approximate surface area is 147 Å². The monoisotopic (exact) mass is 359 g/mol. The molecule has 0 bridgehead atoms. The number of likely N-dealkylation sites (tertiary alicyclic amines) is 1. The first-order valence-electron chi connectivity index (χ1n) is 9.38. The van der Waals surface area contributed by atoms with Crippen molar-refractivity contribution in [2.24, 2.45) is 5.92 Å². The quantitative estimate of drug-likeness (QED) is 0.698. The summed E-state index contributed by atoms with van der Waals surface area (Å²) in [5, 5.41) is 3.01. The Morgan fingerprint density at radius 1 is 1.17 bits per heavy atom. The fourth-order valence-electron chi connectivity index (χ4n) is 3.91. The average molecular weight is 360 g/mol. The summed E-state index contributed by atoms with van der Waals surface area (Å²) >= 11 is 0. The van der Waals surface area contributed by atoms with Gasteiger partial charge in [0.05, 0.1) is 12.2 Å². The minimum absolute atomic E-state index is 0.00837. The lowest BCUT2D eigenvalue weighted by Crippen LogP contribution is -2.45. The summed E-state index contributed by atoms with van der Waals surface area (Å²) in [6.45, 7) is 6.02. The van der Waals surface area contributed by atoms with E-state index in [1.165, 1.54) is 42.8 Å². The van der Waals surface area contributed by atoms with Crippen LogP contribution in [-0.2, 0) is 14.8 Å². The first kappa shape index (κ1) is 19.7. The van der Waals surface area contributed by atoms with Crippen LogP contribution < -0.4 is 5.32 Å². The van der Waals surface area contributed by atoms with Crippen molar-refractivity contribution >= 4 is 15.9 Å². The Morgan fingerprint density at radius 3 is 2.67 bits per heavy atom. The number of carbonyl (C=O) groups is 1. The number of carbonyl (C=O) groups excluding carboxylic acids is 1. The molecule has 0 aliphatic carbocycles. The summed E-state index contributed by atoms with van der Waals surface area (Å²) in [5.74, 6) is -0.194. The predicted molar refractivity (Wildman–Crippen MR) is 96.3 cm³/mol. The molecule has 2 rings (SSSR count). The van der Waals surface area contributed by atoms with Crippen LogP contribution in [0.2, 0.25) is 0 Å². The van der Waals surface area contributed by atoms with Gasteiger partial charge in [-0.15, -0.1) is 0 Å². The predicted octanol–water partition coefficient (Wildman–Crippen LogP) is 1.43. The van der Waals surface area contributed by atoms with E-state index in [1.54, 1.807) is 0 Å². The Morgan fingerprint density at radius 2 is 1.96 bits per heavy atom. The van der Waals surface area contributed by atoms with Crippen LogP contribution in [0.15, 0.2) is 0 Å². The molecule has 0 aromatic rings.